The first kappa shape index (κ1) is 20.1. The van der Waals surface area contributed by atoms with Crippen LogP contribution in [0.3, 0.4) is 0 Å². The molecule has 1 saturated carbocycles. The Morgan fingerprint density at radius 3 is 2.46 bits per heavy atom. The van der Waals surface area contributed by atoms with Crippen molar-refractivity contribution >= 4 is 15.8 Å². The van der Waals surface area contributed by atoms with E-state index in [1.807, 2.05) is 6.07 Å². The number of pyridine rings is 1. The van der Waals surface area contributed by atoms with E-state index in [0.717, 1.165) is 18.3 Å². The van der Waals surface area contributed by atoms with Crippen LogP contribution in [0.25, 0.3) is 0 Å². The van der Waals surface area contributed by atoms with Gasteiger partial charge < -0.3 is 9.64 Å². The summed E-state index contributed by atoms with van der Waals surface area (Å²) < 4.78 is 32.3. The van der Waals surface area contributed by atoms with E-state index in [0.29, 0.717) is 32.3 Å². The molecule has 28 heavy (non-hydrogen) atoms. The number of ether oxygens (including phenoxy) is 1. The Hall–Kier alpha value is -1.18. The van der Waals surface area contributed by atoms with Crippen molar-refractivity contribution in [3.8, 4) is 0 Å². The van der Waals surface area contributed by atoms with Crippen molar-refractivity contribution in [2.45, 2.75) is 68.7 Å². The summed E-state index contributed by atoms with van der Waals surface area (Å²) in [5.74, 6) is 1.83. The van der Waals surface area contributed by atoms with Crippen LogP contribution < -0.4 is 4.90 Å². The van der Waals surface area contributed by atoms with Gasteiger partial charge in [0.1, 0.15) is 10.7 Å². The number of aromatic nitrogens is 1. The molecule has 3 fully saturated rings. The average Bonchev–Trinajstić information content (AvgIpc) is 3.22. The van der Waals surface area contributed by atoms with Crippen molar-refractivity contribution in [1.82, 2.24) is 9.29 Å². The number of hydrogen-bond donors (Lipinski definition) is 0. The lowest BCUT2D eigenvalue weighted by atomic mass is 9.85. The molecule has 7 heteroatoms. The summed E-state index contributed by atoms with van der Waals surface area (Å²) in [7, 11) is -3.47. The van der Waals surface area contributed by atoms with Crippen molar-refractivity contribution < 1.29 is 13.2 Å². The molecule has 1 aliphatic carbocycles. The molecule has 2 saturated heterocycles. The third-order valence-corrected chi connectivity index (χ3v) is 8.52. The van der Waals surface area contributed by atoms with Crippen LogP contribution in [-0.2, 0) is 14.8 Å². The van der Waals surface area contributed by atoms with Crippen LogP contribution in [0.15, 0.2) is 23.2 Å². The van der Waals surface area contributed by atoms with Crippen LogP contribution in [0, 0.1) is 5.92 Å². The fourth-order valence-electron chi connectivity index (χ4n) is 4.97. The molecule has 4 rings (SSSR count). The van der Waals surface area contributed by atoms with Gasteiger partial charge in [-0.2, -0.15) is 4.31 Å². The molecule has 0 amide bonds. The molecule has 1 aromatic heterocycles. The van der Waals surface area contributed by atoms with Gasteiger partial charge in [-0.1, -0.05) is 32.1 Å². The zero-order chi connectivity index (χ0) is 19.4. The molecule has 2 aliphatic heterocycles. The zero-order valence-electron chi connectivity index (χ0n) is 16.8. The van der Waals surface area contributed by atoms with Gasteiger partial charge in [-0.05, 0) is 43.7 Å². The maximum Gasteiger partial charge on any atom is 0.244 e. The van der Waals surface area contributed by atoms with Crippen LogP contribution in [0.4, 0.5) is 5.82 Å². The van der Waals surface area contributed by atoms with E-state index in [2.05, 4.69) is 9.88 Å². The summed E-state index contributed by atoms with van der Waals surface area (Å²) in [5, 5.41) is 0. The fourth-order valence-corrected chi connectivity index (χ4v) is 6.33. The predicted molar refractivity (Wildman–Crippen MR) is 110 cm³/mol. The lowest BCUT2D eigenvalue weighted by Gasteiger charge is -2.29. The highest BCUT2D eigenvalue weighted by Gasteiger charge is 2.29. The van der Waals surface area contributed by atoms with Crippen molar-refractivity contribution in [2.24, 2.45) is 5.92 Å². The van der Waals surface area contributed by atoms with E-state index in [1.54, 1.807) is 6.07 Å². The first-order valence-corrected chi connectivity index (χ1v) is 12.4. The van der Waals surface area contributed by atoms with Gasteiger partial charge in [0, 0.05) is 31.9 Å². The lowest BCUT2D eigenvalue weighted by Crippen LogP contribution is -2.40. The van der Waals surface area contributed by atoms with Gasteiger partial charge >= 0.3 is 0 Å². The molecular weight excluding hydrogens is 374 g/mol. The summed E-state index contributed by atoms with van der Waals surface area (Å²) in [6.45, 7) is 2.78. The second kappa shape index (κ2) is 9.09. The topological polar surface area (TPSA) is 62.7 Å². The molecule has 0 radical (unpaired) electrons. The predicted octanol–water partition coefficient (Wildman–Crippen LogP) is 3.43. The molecule has 0 spiro atoms. The monoisotopic (exact) mass is 407 g/mol. The van der Waals surface area contributed by atoms with Crippen LogP contribution in [0.5, 0.6) is 0 Å². The highest BCUT2D eigenvalue weighted by atomic mass is 32.2. The van der Waals surface area contributed by atoms with Gasteiger partial charge in [0.15, 0.2) is 0 Å². The fraction of sp³-hybridized carbons (Fsp3) is 0.762. The normalized spacial score (nSPS) is 25.3. The second-order valence-corrected chi connectivity index (χ2v) is 10.4. The molecule has 6 nitrogen and oxygen atoms in total. The molecule has 0 bridgehead atoms. The zero-order valence-corrected chi connectivity index (χ0v) is 17.6. The van der Waals surface area contributed by atoms with Crippen molar-refractivity contribution in [2.75, 3.05) is 37.7 Å². The summed E-state index contributed by atoms with van der Waals surface area (Å²) in [5.41, 5.74) is 0. The van der Waals surface area contributed by atoms with E-state index in [-0.39, 0.29) is 4.90 Å². The molecule has 3 heterocycles. The summed E-state index contributed by atoms with van der Waals surface area (Å²) in [4.78, 5) is 7.24. The second-order valence-electron chi connectivity index (χ2n) is 8.44. The smallest absolute Gasteiger partial charge is 0.244 e. The Labute approximate surface area is 169 Å². The molecular formula is C21H33N3O3S. The molecule has 3 aliphatic rings. The Morgan fingerprint density at radius 1 is 0.964 bits per heavy atom. The number of morpholine rings is 1. The van der Waals surface area contributed by atoms with Gasteiger partial charge in [0.25, 0.3) is 0 Å². The van der Waals surface area contributed by atoms with E-state index < -0.39 is 10.0 Å². The third-order valence-electron chi connectivity index (χ3n) is 6.63. The van der Waals surface area contributed by atoms with Gasteiger partial charge in [0.2, 0.25) is 10.0 Å². The van der Waals surface area contributed by atoms with Crippen LogP contribution in [-0.4, -0.2) is 56.6 Å². The van der Waals surface area contributed by atoms with Gasteiger partial charge in [0.05, 0.1) is 13.2 Å². The number of nitrogens with zero attached hydrogens (tertiary/aromatic N) is 3. The van der Waals surface area contributed by atoms with Gasteiger partial charge in [-0.25, -0.2) is 13.4 Å². The Bertz CT molecular complexity index is 726. The number of hydrogen-bond acceptors (Lipinski definition) is 5. The van der Waals surface area contributed by atoms with E-state index in [9.17, 15) is 8.42 Å². The van der Waals surface area contributed by atoms with E-state index in [4.69, 9.17) is 4.74 Å². The lowest BCUT2D eigenvalue weighted by molar-refractivity contribution is 0.0730. The highest BCUT2D eigenvalue weighted by molar-refractivity contribution is 7.89. The van der Waals surface area contributed by atoms with Crippen LogP contribution >= 0.6 is 0 Å². The van der Waals surface area contributed by atoms with E-state index in [1.165, 1.54) is 68.3 Å². The maximum absolute atomic E-state index is 12.8. The first-order valence-electron chi connectivity index (χ1n) is 11.0. The van der Waals surface area contributed by atoms with Gasteiger partial charge in [-0.15, -0.1) is 0 Å². The summed E-state index contributed by atoms with van der Waals surface area (Å²) in [6.07, 6.45) is 13.5. The Morgan fingerprint density at radius 2 is 1.75 bits per heavy atom. The molecule has 1 unspecified atom stereocenters. The molecule has 1 atom stereocenters. The van der Waals surface area contributed by atoms with Crippen molar-refractivity contribution in [3.63, 3.8) is 0 Å². The molecule has 0 aromatic carbocycles. The minimum Gasteiger partial charge on any atom is -0.379 e. The summed E-state index contributed by atoms with van der Waals surface area (Å²) >= 11 is 0. The molecule has 0 N–H and O–H groups in total. The average molecular weight is 408 g/mol. The first-order chi connectivity index (χ1) is 13.6. The van der Waals surface area contributed by atoms with E-state index >= 15 is 0 Å². The van der Waals surface area contributed by atoms with Gasteiger partial charge in [-0.3, -0.25) is 0 Å². The highest BCUT2D eigenvalue weighted by Crippen LogP contribution is 2.32. The Kier molecular flexibility index (Phi) is 6.53. The quantitative estimate of drug-likeness (QED) is 0.723. The summed E-state index contributed by atoms with van der Waals surface area (Å²) in [6, 6.07) is 4.17. The Balaban J connectivity index is 1.39. The maximum atomic E-state index is 12.8. The molecule has 1 aromatic rings. The largest absolute Gasteiger partial charge is 0.379 e. The SMILES string of the molecule is O=S(=O)(c1ccc(N2CCCC2CCC2CCCCC2)nc1)N1CCOCC1. The van der Waals surface area contributed by atoms with Crippen LogP contribution in [0.1, 0.15) is 57.8 Å². The van der Waals surface area contributed by atoms with Crippen LogP contribution in [0.2, 0.25) is 0 Å². The standard InChI is InChI=1S/C21H33N3O3S/c25-28(26,23-13-15-27-16-14-23)20-10-11-21(22-17-20)24-12-4-7-19(24)9-8-18-5-2-1-3-6-18/h10-11,17-19H,1-9,12-16H2. The molecule has 156 valence electrons. The minimum absolute atomic E-state index is 0.288. The minimum atomic E-state index is -3.47. The number of rotatable bonds is 6. The third kappa shape index (κ3) is 4.52. The number of sulfonamides is 1. The number of anilines is 1. The van der Waals surface area contributed by atoms with Crippen molar-refractivity contribution in [3.05, 3.63) is 18.3 Å². The van der Waals surface area contributed by atoms with Crippen molar-refractivity contribution in [1.29, 1.82) is 0 Å².